The van der Waals surface area contributed by atoms with Crippen molar-refractivity contribution in [2.45, 2.75) is 128 Å². The zero-order chi connectivity index (χ0) is 56.8. The van der Waals surface area contributed by atoms with E-state index in [9.17, 15) is 19.8 Å². The molecular formula is C65H78N12O5S. The first-order valence-corrected chi connectivity index (χ1v) is 31.6. The van der Waals surface area contributed by atoms with Gasteiger partial charge < -0.3 is 49.9 Å². The fourth-order valence-electron chi connectivity index (χ4n) is 15.4. The molecule has 17 nitrogen and oxygen atoms in total. The highest BCUT2D eigenvalue weighted by molar-refractivity contribution is 7.13. The van der Waals surface area contributed by atoms with E-state index in [1.807, 2.05) is 69.7 Å². The number of hydrogen-bond acceptors (Lipinski definition) is 16. The van der Waals surface area contributed by atoms with Gasteiger partial charge in [-0.05, 0) is 135 Å². The first-order chi connectivity index (χ1) is 40.3. The molecule has 3 unspecified atom stereocenters. The molecule has 0 saturated carbocycles. The Bertz CT molecular complexity index is 3550. The number of nitrogens with zero attached hydrogens (tertiary/aromatic N) is 10. The Labute approximate surface area is 489 Å². The van der Waals surface area contributed by atoms with Crippen molar-refractivity contribution in [2.24, 2.45) is 23.7 Å². The molecule has 7 atom stereocenters. The third kappa shape index (κ3) is 10.3. The third-order valence-electron chi connectivity index (χ3n) is 19.9. The number of aliphatic hydroxyl groups is 1. The molecule has 7 aliphatic rings. The number of carbonyl (C=O) groups excluding carboxylic acids is 2. The predicted molar refractivity (Wildman–Crippen MR) is 325 cm³/mol. The van der Waals surface area contributed by atoms with Crippen LogP contribution in [0.3, 0.4) is 0 Å². The van der Waals surface area contributed by atoms with E-state index >= 15 is 0 Å². The molecule has 6 saturated heterocycles. The Morgan fingerprint density at radius 1 is 0.843 bits per heavy atom. The number of fused-ring (bicyclic) bond motifs is 6. The number of piperazine rings is 1. The SMILES string of the molecule is Cc1ncsc1-c1ccc([C@H](C)NC(=O)[C@@H]2C[C@@H](O)CN2C(=O)[C@H](c2cc(N3CC(CC4CCN(CC5CCN(c6nc(N7CC8CCC(C7)N8)c7cnc8c(c7n6)C(C)c6cccc7cc(O)cc-8c67)CC5)CC4)C3)no2)C(C)C)cc1. The van der Waals surface area contributed by atoms with Gasteiger partial charge in [-0.3, -0.25) is 14.6 Å². The summed E-state index contributed by atoms with van der Waals surface area (Å²) in [5.74, 6) is 4.10. The van der Waals surface area contributed by atoms with E-state index in [1.54, 1.807) is 16.2 Å². The lowest BCUT2D eigenvalue weighted by molar-refractivity contribution is -0.141. The minimum atomic E-state index is -0.796. The number of anilines is 3. The highest BCUT2D eigenvalue weighted by Crippen LogP contribution is 2.49. The van der Waals surface area contributed by atoms with Crippen LogP contribution in [0.1, 0.15) is 125 Å². The van der Waals surface area contributed by atoms with Crippen LogP contribution in [0.5, 0.6) is 5.75 Å². The van der Waals surface area contributed by atoms with Gasteiger partial charge in [0.05, 0.1) is 44.8 Å². The summed E-state index contributed by atoms with van der Waals surface area (Å²) in [6, 6.07) is 20.1. The molecule has 14 rings (SSSR count). The maximum absolute atomic E-state index is 14.4. The molecule has 4 N–H and O–H groups in total. The molecular weight excluding hydrogens is 1060 g/mol. The standard InChI is InChI=1S/C65H78N12O5S/c1-36(2)56(64(81)77-34-49(79)26-53(77)63(80)68-38(4)43-9-11-44(12-10-43)61-39(5)67-35-83-61)54-27-55(72-82-54)75-30-42(31-75)23-40-15-19-73(20-16-40)29-41-17-21-74(22-18-41)65-70-60-52(62(71-65)76-32-46-13-14-47(33-76)69-46)28-66-59-51-25-48(78)24-45-7-6-8-50(58(45)51)37(3)57(59)60/h6-12,24-25,27-28,35-38,40-42,46-47,49,53,56,69,78-79H,13-23,26,29-34H2,1-5H3,(H,68,80)/t37?,38-,46?,47?,49+,53-,56-/m0/s1. The van der Waals surface area contributed by atoms with Crippen molar-refractivity contribution in [1.82, 2.24) is 45.5 Å². The van der Waals surface area contributed by atoms with E-state index in [4.69, 9.17) is 19.5 Å². The Balaban J connectivity index is 0.570. The highest BCUT2D eigenvalue weighted by atomic mass is 32.1. The fraction of sp³-hybridized carbons (Fsp3) is 0.523. The Morgan fingerprint density at radius 2 is 1.60 bits per heavy atom. The van der Waals surface area contributed by atoms with E-state index in [0.29, 0.717) is 35.6 Å². The molecule has 18 heteroatoms. The molecule has 0 spiro atoms. The molecule has 434 valence electrons. The molecule has 6 fully saturated rings. The van der Waals surface area contributed by atoms with Crippen LogP contribution in [0.4, 0.5) is 17.6 Å². The lowest BCUT2D eigenvalue weighted by Gasteiger charge is -2.43. The van der Waals surface area contributed by atoms with Crippen LogP contribution in [0, 0.1) is 30.6 Å². The molecule has 2 bridgehead atoms. The molecule has 1 aliphatic carbocycles. The number of aromatic nitrogens is 5. The summed E-state index contributed by atoms with van der Waals surface area (Å²) in [5.41, 5.74) is 10.1. The summed E-state index contributed by atoms with van der Waals surface area (Å²) in [6.07, 6.45) is 9.68. The van der Waals surface area contributed by atoms with E-state index in [2.05, 4.69) is 77.6 Å². The number of nitrogens with one attached hydrogen (secondary N) is 2. The molecule has 2 amide bonds. The number of rotatable bonds is 14. The van der Waals surface area contributed by atoms with Crippen molar-refractivity contribution in [3.8, 4) is 27.4 Å². The fourth-order valence-corrected chi connectivity index (χ4v) is 16.2. The van der Waals surface area contributed by atoms with Gasteiger partial charge in [0.2, 0.25) is 17.8 Å². The predicted octanol–water partition coefficient (Wildman–Crippen LogP) is 9.41. The van der Waals surface area contributed by atoms with Crippen molar-refractivity contribution in [3.63, 3.8) is 0 Å². The summed E-state index contributed by atoms with van der Waals surface area (Å²) >= 11 is 1.61. The zero-order valence-electron chi connectivity index (χ0n) is 48.5. The Hall–Kier alpha value is -6.73. The van der Waals surface area contributed by atoms with Gasteiger partial charge in [-0.2, -0.15) is 4.98 Å². The lowest BCUT2D eigenvalue weighted by atomic mass is 9.79. The van der Waals surface area contributed by atoms with Crippen LogP contribution in [0.25, 0.3) is 43.4 Å². The second-order valence-corrected chi connectivity index (χ2v) is 26.7. The molecule has 4 aromatic heterocycles. The van der Waals surface area contributed by atoms with Crippen molar-refractivity contribution in [2.75, 3.05) is 80.1 Å². The minimum absolute atomic E-state index is 0.0774. The number of benzene rings is 3. The summed E-state index contributed by atoms with van der Waals surface area (Å²) in [5, 5.41) is 36.4. The topological polar surface area (TPSA) is 192 Å². The molecule has 10 heterocycles. The van der Waals surface area contributed by atoms with Gasteiger partial charge >= 0.3 is 0 Å². The number of amides is 2. The number of hydrogen-bond donors (Lipinski definition) is 4. The minimum Gasteiger partial charge on any atom is -0.508 e. The van der Waals surface area contributed by atoms with Crippen molar-refractivity contribution in [1.29, 1.82) is 0 Å². The third-order valence-corrected chi connectivity index (χ3v) is 20.9. The second-order valence-electron chi connectivity index (χ2n) is 25.8. The summed E-state index contributed by atoms with van der Waals surface area (Å²) in [4.78, 5) is 61.4. The summed E-state index contributed by atoms with van der Waals surface area (Å²) < 4.78 is 5.96. The molecule has 7 aromatic rings. The van der Waals surface area contributed by atoms with Gasteiger partial charge in [-0.15, -0.1) is 11.3 Å². The molecule has 0 radical (unpaired) electrons. The van der Waals surface area contributed by atoms with Crippen LogP contribution in [-0.4, -0.2) is 147 Å². The zero-order valence-corrected chi connectivity index (χ0v) is 49.3. The molecule has 6 aliphatic heterocycles. The summed E-state index contributed by atoms with van der Waals surface area (Å²) in [6.45, 7) is 19.3. The maximum atomic E-state index is 14.4. The number of carbonyl (C=O) groups is 2. The number of pyridine rings is 1. The number of aromatic hydroxyl groups is 1. The summed E-state index contributed by atoms with van der Waals surface area (Å²) in [7, 11) is 0. The van der Waals surface area contributed by atoms with Crippen molar-refractivity contribution in [3.05, 3.63) is 101 Å². The number of phenolic OH excluding ortho intramolecular Hbond substituents is 1. The van der Waals surface area contributed by atoms with Crippen LogP contribution in [0.2, 0.25) is 0 Å². The van der Waals surface area contributed by atoms with Crippen molar-refractivity contribution >= 4 is 62.4 Å². The number of phenols is 1. The van der Waals surface area contributed by atoms with Gasteiger partial charge in [0.1, 0.15) is 23.5 Å². The smallest absolute Gasteiger partial charge is 0.243 e. The average Bonchev–Trinajstić information content (AvgIpc) is 2.38. The van der Waals surface area contributed by atoms with E-state index in [1.165, 1.54) is 43.1 Å². The van der Waals surface area contributed by atoms with Crippen LogP contribution in [-0.2, 0) is 9.59 Å². The van der Waals surface area contributed by atoms with Gasteiger partial charge in [0.25, 0.3) is 0 Å². The number of aliphatic hydroxyl groups excluding tert-OH is 1. The van der Waals surface area contributed by atoms with Crippen molar-refractivity contribution < 1.29 is 24.3 Å². The second kappa shape index (κ2) is 22.0. The first kappa shape index (κ1) is 54.2. The van der Waals surface area contributed by atoms with E-state index < -0.39 is 18.1 Å². The number of piperidine rings is 2. The monoisotopic (exact) mass is 1140 g/mol. The van der Waals surface area contributed by atoms with Gasteiger partial charge in [0, 0.05) is 100 Å². The van der Waals surface area contributed by atoms with Crippen LogP contribution in [0.15, 0.2) is 76.9 Å². The average molecular weight is 1140 g/mol. The largest absolute Gasteiger partial charge is 0.508 e. The number of thiazole rings is 1. The van der Waals surface area contributed by atoms with Crippen LogP contribution >= 0.6 is 11.3 Å². The molecule has 3 aromatic carbocycles. The van der Waals surface area contributed by atoms with Crippen LogP contribution < -0.4 is 25.3 Å². The van der Waals surface area contributed by atoms with Gasteiger partial charge in [0.15, 0.2) is 11.6 Å². The lowest BCUT2D eigenvalue weighted by Crippen LogP contribution is -2.51. The number of likely N-dealkylation sites (tertiary alicyclic amines) is 2. The quantitative estimate of drug-likeness (QED) is 0.0805. The molecule has 83 heavy (non-hydrogen) atoms. The maximum Gasteiger partial charge on any atom is 0.243 e. The van der Waals surface area contributed by atoms with Gasteiger partial charge in [-0.1, -0.05) is 68.4 Å². The first-order valence-electron chi connectivity index (χ1n) is 30.7. The Morgan fingerprint density at radius 3 is 2.34 bits per heavy atom. The Kier molecular flexibility index (Phi) is 14.4. The van der Waals surface area contributed by atoms with E-state index in [0.717, 1.165) is 144 Å². The number of aryl methyl sites for hydroxylation is 1. The number of β-amino-alcohol motifs (C(OH)–C–C–N with tert-alkyl or cyclic N) is 1. The highest BCUT2D eigenvalue weighted by Gasteiger charge is 2.45. The van der Waals surface area contributed by atoms with Gasteiger partial charge in [-0.25, -0.2) is 9.97 Å². The normalized spacial score (nSPS) is 24.0. The van der Waals surface area contributed by atoms with E-state index in [-0.39, 0.29) is 48.4 Å².